The molecule has 0 aliphatic carbocycles. The maximum Gasteiger partial charge on any atom is 0.419 e. The molecule has 1 heterocycles. The number of alkyl halides is 3. The number of benzene rings is 1. The number of nitrogens with two attached hydrogens (primary N) is 1. The number of carbonyl (C=O) groups excluding carboxylic acids is 1. The minimum Gasteiger partial charge on any atom is -0.369 e. The number of rotatable bonds is 5. The lowest BCUT2D eigenvalue weighted by Crippen LogP contribution is -2.45. The summed E-state index contributed by atoms with van der Waals surface area (Å²) in [5.74, 6) is -1.64. The van der Waals surface area contributed by atoms with E-state index in [-0.39, 0.29) is 25.0 Å². The number of likely N-dealkylation sites (tertiary alicyclic amines) is 1. The normalized spacial score (nSPS) is 17.4. The van der Waals surface area contributed by atoms with Gasteiger partial charge in [0.15, 0.2) is 0 Å². The highest BCUT2D eigenvalue weighted by molar-refractivity contribution is 5.75. The van der Waals surface area contributed by atoms with Crippen LogP contribution in [0.25, 0.3) is 0 Å². The molecule has 1 aliphatic rings. The summed E-state index contributed by atoms with van der Waals surface area (Å²) in [7, 11) is 0. The van der Waals surface area contributed by atoms with Gasteiger partial charge >= 0.3 is 6.18 Å². The second kappa shape index (κ2) is 7.27. The number of piperidine rings is 1. The monoisotopic (exact) mass is 333 g/mol. The molecule has 0 radical (unpaired) electrons. The van der Waals surface area contributed by atoms with E-state index in [9.17, 15) is 22.4 Å². The zero-order valence-corrected chi connectivity index (χ0v) is 12.5. The standard InChI is InChI=1S/C15H19F4N3O/c16-13-2-1-10(7-12(13)15(17,18)19)8-21-11-3-5-22(6-4-11)9-14(20)23/h1-2,7,11,21H,3-6,8-9H2,(H2,20,23). The van der Waals surface area contributed by atoms with Crippen LogP contribution < -0.4 is 11.1 Å². The Morgan fingerprint density at radius 3 is 2.52 bits per heavy atom. The summed E-state index contributed by atoms with van der Waals surface area (Å²) in [4.78, 5) is 12.8. The van der Waals surface area contributed by atoms with Crippen LogP contribution in [0.15, 0.2) is 18.2 Å². The third kappa shape index (κ3) is 5.18. The van der Waals surface area contributed by atoms with Gasteiger partial charge in [-0.15, -0.1) is 0 Å². The third-order valence-electron chi connectivity index (χ3n) is 3.90. The van der Waals surface area contributed by atoms with Crippen molar-refractivity contribution in [1.82, 2.24) is 10.2 Å². The van der Waals surface area contributed by atoms with Crippen molar-refractivity contribution < 1.29 is 22.4 Å². The van der Waals surface area contributed by atoms with E-state index in [1.54, 1.807) is 0 Å². The summed E-state index contributed by atoms with van der Waals surface area (Å²) in [6, 6.07) is 3.18. The number of amides is 1. The minimum atomic E-state index is -4.69. The molecular weight excluding hydrogens is 314 g/mol. The van der Waals surface area contributed by atoms with Crippen molar-refractivity contribution in [3.63, 3.8) is 0 Å². The maximum absolute atomic E-state index is 13.2. The molecule has 0 atom stereocenters. The van der Waals surface area contributed by atoms with Crippen LogP contribution in [-0.4, -0.2) is 36.5 Å². The number of primary amides is 1. The lowest BCUT2D eigenvalue weighted by molar-refractivity contribution is -0.140. The van der Waals surface area contributed by atoms with Gasteiger partial charge in [-0.2, -0.15) is 13.2 Å². The molecule has 1 aromatic carbocycles. The molecule has 0 spiro atoms. The summed E-state index contributed by atoms with van der Waals surface area (Å²) in [6.07, 6.45) is -3.14. The van der Waals surface area contributed by atoms with Gasteiger partial charge in [-0.3, -0.25) is 9.69 Å². The number of nitrogens with one attached hydrogen (secondary N) is 1. The fourth-order valence-corrected chi connectivity index (χ4v) is 2.68. The highest BCUT2D eigenvalue weighted by Gasteiger charge is 2.34. The zero-order valence-electron chi connectivity index (χ0n) is 12.5. The average Bonchev–Trinajstić information content (AvgIpc) is 2.46. The summed E-state index contributed by atoms with van der Waals surface area (Å²) < 4.78 is 51.2. The van der Waals surface area contributed by atoms with E-state index in [0.717, 1.165) is 25.0 Å². The maximum atomic E-state index is 13.2. The number of hydrogen-bond acceptors (Lipinski definition) is 3. The van der Waals surface area contributed by atoms with Crippen molar-refractivity contribution in [3.05, 3.63) is 35.1 Å². The molecule has 0 bridgehead atoms. The fraction of sp³-hybridized carbons (Fsp3) is 0.533. The second-order valence-corrected chi connectivity index (χ2v) is 5.71. The van der Waals surface area contributed by atoms with E-state index in [2.05, 4.69) is 5.32 Å². The van der Waals surface area contributed by atoms with Crippen LogP contribution in [0, 0.1) is 5.82 Å². The van der Waals surface area contributed by atoms with Gasteiger partial charge in [-0.05, 0) is 30.5 Å². The van der Waals surface area contributed by atoms with Gasteiger partial charge < -0.3 is 11.1 Å². The van der Waals surface area contributed by atoms with E-state index in [4.69, 9.17) is 5.73 Å². The Morgan fingerprint density at radius 2 is 1.96 bits per heavy atom. The van der Waals surface area contributed by atoms with Crippen LogP contribution in [0.5, 0.6) is 0 Å². The average molecular weight is 333 g/mol. The predicted molar refractivity (Wildman–Crippen MR) is 76.9 cm³/mol. The zero-order chi connectivity index (χ0) is 17.0. The van der Waals surface area contributed by atoms with Crippen molar-refractivity contribution in [2.75, 3.05) is 19.6 Å². The molecule has 23 heavy (non-hydrogen) atoms. The quantitative estimate of drug-likeness (QED) is 0.809. The minimum absolute atomic E-state index is 0.151. The van der Waals surface area contributed by atoms with Crippen LogP contribution in [0.2, 0.25) is 0 Å². The Morgan fingerprint density at radius 1 is 1.30 bits per heavy atom. The van der Waals surface area contributed by atoms with Gasteiger partial charge in [0, 0.05) is 25.7 Å². The van der Waals surface area contributed by atoms with Gasteiger partial charge in [-0.1, -0.05) is 6.07 Å². The number of carbonyl (C=O) groups is 1. The molecule has 0 saturated carbocycles. The summed E-state index contributed by atoms with van der Waals surface area (Å²) >= 11 is 0. The number of hydrogen-bond donors (Lipinski definition) is 2. The Kier molecular flexibility index (Phi) is 5.59. The second-order valence-electron chi connectivity index (χ2n) is 5.71. The highest BCUT2D eigenvalue weighted by atomic mass is 19.4. The van der Waals surface area contributed by atoms with E-state index >= 15 is 0 Å². The number of halogens is 4. The largest absolute Gasteiger partial charge is 0.419 e. The molecule has 4 nitrogen and oxygen atoms in total. The first kappa shape index (κ1) is 17.7. The van der Waals surface area contributed by atoms with Crippen molar-refractivity contribution in [3.8, 4) is 0 Å². The van der Waals surface area contributed by atoms with Gasteiger partial charge in [0.25, 0.3) is 0 Å². The smallest absolute Gasteiger partial charge is 0.369 e. The van der Waals surface area contributed by atoms with Gasteiger partial charge in [0.05, 0.1) is 12.1 Å². The number of nitrogens with zero attached hydrogens (tertiary/aromatic N) is 1. The molecule has 1 aromatic rings. The molecule has 1 fully saturated rings. The van der Waals surface area contributed by atoms with Crippen LogP contribution in [-0.2, 0) is 17.5 Å². The van der Waals surface area contributed by atoms with Gasteiger partial charge in [0.2, 0.25) is 5.91 Å². The Labute approximate surface area is 131 Å². The summed E-state index contributed by atoms with van der Waals surface area (Å²) in [6.45, 7) is 1.87. The fourth-order valence-electron chi connectivity index (χ4n) is 2.68. The van der Waals surface area contributed by atoms with Crippen LogP contribution >= 0.6 is 0 Å². The highest BCUT2D eigenvalue weighted by Crippen LogP contribution is 2.31. The topological polar surface area (TPSA) is 58.4 Å². The Hall–Kier alpha value is -1.67. The molecule has 3 N–H and O–H groups in total. The Balaban J connectivity index is 1.86. The molecule has 0 aromatic heterocycles. The van der Waals surface area contributed by atoms with Crippen molar-refractivity contribution in [2.45, 2.75) is 31.6 Å². The first-order valence-electron chi connectivity index (χ1n) is 7.35. The van der Waals surface area contributed by atoms with E-state index in [1.807, 2.05) is 4.90 Å². The van der Waals surface area contributed by atoms with Crippen molar-refractivity contribution in [2.24, 2.45) is 5.73 Å². The Bertz CT molecular complexity index is 554. The first-order chi connectivity index (χ1) is 10.8. The molecule has 8 heteroatoms. The lowest BCUT2D eigenvalue weighted by Gasteiger charge is -2.31. The third-order valence-corrected chi connectivity index (χ3v) is 3.90. The van der Waals surface area contributed by atoms with E-state index in [1.165, 1.54) is 6.07 Å². The molecular formula is C15H19F4N3O. The molecule has 0 unspecified atom stereocenters. The van der Waals surface area contributed by atoms with Gasteiger partial charge in [0.1, 0.15) is 5.82 Å². The van der Waals surface area contributed by atoms with Crippen LogP contribution in [0.3, 0.4) is 0 Å². The van der Waals surface area contributed by atoms with Crippen molar-refractivity contribution in [1.29, 1.82) is 0 Å². The lowest BCUT2D eigenvalue weighted by atomic mass is 10.0. The van der Waals surface area contributed by atoms with Gasteiger partial charge in [-0.25, -0.2) is 4.39 Å². The predicted octanol–water partition coefficient (Wildman–Crippen LogP) is 1.88. The summed E-state index contributed by atoms with van der Waals surface area (Å²) in [5.41, 5.74) is 4.28. The molecule has 1 aliphatic heterocycles. The summed E-state index contributed by atoms with van der Waals surface area (Å²) in [5, 5.41) is 3.18. The van der Waals surface area contributed by atoms with E-state index < -0.39 is 17.6 Å². The van der Waals surface area contributed by atoms with Crippen LogP contribution in [0.4, 0.5) is 17.6 Å². The van der Waals surface area contributed by atoms with E-state index in [0.29, 0.717) is 18.7 Å². The molecule has 1 saturated heterocycles. The molecule has 128 valence electrons. The SMILES string of the molecule is NC(=O)CN1CCC(NCc2ccc(F)c(C(F)(F)F)c2)CC1. The molecule has 2 rings (SSSR count). The molecule has 1 amide bonds. The van der Waals surface area contributed by atoms with Crippen LogP contribution in [0.1, 0.15) is 24.0 Å². The van der Waals surface area contributed by atoms with Crippen molar-refractivity contribution >= 4 is 5.91 Å². The first-order valence-corrected chi connectivity index (χ1v) is 7.35.